The average Bonchev–Trinajstić information content (AvgIpc) is 2.34. The first-order chi connectivity index (χ1) is 9.23. The minimum atomic E-state index is -3.55. The predicted molar refractivity (Wildman–Crippen MR) is 80.6 cm³/mol. The molecule has 2 aromatic rings. The summed E-state index contributed by atoms with van der Waals surface area (Å²) in [7, 11) is -1.97. The lowest BCUT2D eigenvalue weighted by molar-refractivity contribution is 0.415. The highest BCUT2D eigenvalue weighted by atomic mass is 32.2. The van der Waals surface area contributed by atoms with E-state index in [-0.39, 0.29) is 4.90 Å². The summed E-state index contributed by atoms with van der Waals surface area (Å²) in [5.74, 6) is 0.704. The Balaban J connectivity index is 2.61. The zero-order valence-electron chi connectivity index (χ0n) is 12.1. The standard InChI is InChI=1S/C15H19NO3S/c1-15(2,3)16-20(17,18)14-7-5-6-11-10-12(19-4)8-9-13(11)14/h5-10,16H,1-4H3. The molecule has 1 N–H and O–H groups in total. The molecule has 0 atom stereocenters. The zero-order chi connectivity index (χ0) is 15.0. The van der Waals surface area contributed by atoms with Crippen LogP contribution in [-0.2, 0) is 10.0 Å². The largest absolute Gasteiger partial charge is 0.497 e. The van der Waals surface area contributed by atoms with Gasteiger partial charge in [-0.05, 0) is 50.4 Å². The molecule has 0 spiro atoms. The quantitative estimate of drug-likeness (QED) is 0.946. The van der Waals surface area contributed by atoms with Crippen molar-refractivity contribution in [2.75, 3.05) is 7.11 Å². The fourth-order valence-electron chi connectivity index (χ4n) is 2.05. The zero-order valence-corrected chi connectivity index (χ0v) is 12.9. The summed E-state index contributed by atoms with van der Waals surface area (Å²) in [6, 6.07) is 10.6. The summed E-state index contributed by atoms with van der Waals surface area (Å²) < 4.78 is 32.8. The summed E-state index contributed by atoms with van der Waals surface area (Å²) in [6.07, 6.45) is 0. The fraction of sp³-hybridized carbons (Fsp3) is 0.333. The number of benzene rings is 2. The lowest BCUT2D eigenvalue weighted by Crippen LogP contribution is -2.40. The summed E-state index contributed by atoms with van der Waals surface area (Å²) in [6.45, 7) is 5.45. The van der Waals surface area contributed by atoms with Crippen molar-refractivity contribution < 1.29 is 13.2 Å². The van der Waals surface area contributed by atoms with Gasteiger partial charge in [0.1, 0.15) is 5.75 Å². The molecule has 108 valence electrons. The predicted octanol–water partition coefficient (Wildman–Crippen LogP) is 2.93. The SMILES string of the molecule is COc1ccc2c(S(=O)(=O)NC(C)(C)C)cccc2c1. The Bertz CT molecular complexity index is 730. The van der Waals surface area contributed by atoms with Gasteiger partial charge in [0.05, 0.1) is 12.0 Å². The molecule has 4 nitrogen and oxygen atoms in total. The number of hydrogen-bond donors (Lipinski definition) is 1. The van der Waals surface area contributed by atoms with Gasteiger partial charge in [-0.15, -0.1) is 0 Å². The van der Waals surface area contributed by atoms with E-state index < -0.39 is 15.6 Å². The minimum absolute atomic E-state index is 0.285. The van der Waals surface area contributed by atoms with Crippen molar-refractivity contribution in [2.45, 2.75) is 31.2 Å². The number of fused-ring (bicyclic) bond motifs is 1. The first kappa shape index (κ1) is 14.8. The number of hydrogen-bond acceptors (Lipinski definition) is 3. The number of ether oxygens (including phenoxy) is 1. The average molecular weight is 293 g/mol. The highest BCUT2D eigenvalue weighted by Gasteiger charge is 2.23. The Labute approximate surface area is 119 Å². The van der Waals surface area contributed by atoms with Gasteiger partial charge in [0.2, 0.25) is 10.0 Å². The molecule has 2 aromatic carbocycles. The molecule has 0 saturated carbocycles. The Kier molecular flexibility index (Phi) is 3.75. The normalized spacial score (nSPS) is 12.6. The van der Waals surface area contributed by atoms with Crippen LogP contribution in [0.3, 0.4) is 0 Å². The minimum Gasteiger partial charge on any atom is -0.497 e. The molecule has 0 saturated heterocycles. The van der Waals surface area contributed by atoms with Gasteiger partial charge in [0, 0.05) is 10.9 Å². The first-order valence-electron chi connectivity index (χ1n) is 6.34. The third kappa shape index (κ3) is 3.11. The van der Waals surface area contributed by atoms with E-state index in [2.05, 4.69) is 4.72 Å². The van der Waals surface area contributed by atoms with Crippen molar-refractivity contribution in [2.24, 2.45) is 0 Å². The van der Waals surface area contributed by atoms with Crippen LogP contribution < -0.4 is 9.46 Å². The molecule has 20 heavy (non-hydrogen) atoms. The molecule has 0 amide bonds. The lowest BCUT2D eigenvalue weighted by atomic mass is 10.1. The van der Waals surface area contributed by atoms with Crippen LogP contribution in [0.2, 0.25) is 0 Å². The molecule has 0 fully saturated rings. The Morgan fingerprint density at radius 1 is 1.10 bits per heavy atom. The van der Waals surface area contributed by atoms with Crippen molar-refractivity contribution in [1.29, 1.82) is 0 Å². The topological polar surface area (TPSA) is 55.4 Å². The van der Waals surface area contributed by atoms with Crippen LogP contribution >= 0.6 is 0 Å². The molecule has 5 heteroatoms. The van der Waals surface area contributed by atoms with E-state index in [1.807, 2.05) is 32.9 Å². The van der Waals surface area contributed by atoms with Crippen LogP contribution in [0.1, 0.15) is 20.8 Å². The first-order valence-corrected chi connectivity index (χ1v) is 7.82. The molecule has 0 aromatic heterocycles. The monoisotopic (exact) mass is 293 g/mol. The second kappa shape index (κ2) is 5.07. The maximum Gasteiger partial charge on any atom is 0.241 e. The molecule has 0 bridgehead atoms. The smallest absolute Gasteiger partial charge is 0.241 e. The summed E-state index contributed by atoms with van der Waals surface area (Å²) in [5, 5.41) is 1.52. The summed E-state index contributed by atoms with van der Waals surface area (Å²) in [5.41, 5.74) is -0.520. The molecule has 0 aliphatic rings. The highest BCUT2D eigenvalue weighted by molar-refractivity contribution is 7.89. The van der Waals surface area contributed by atoms with E-state index in [1.54, 1.807) is 31.4 Å². The molecule has 0 aliphatic heterocycles. The summed E-state index contributed by atoms with van der Waals surface area (Å²) in [4.78, 5) is 0.285. The number of nitrogens with one attached hydrogen (secondary N) is 1. The van der Waals surface area contributed by atoms with Gasteiger partial charge in [-0.1, -0.05) is 12.1 Å². The van der Waals surface area contributed by atoms with E-state index in [4.69, 9.17) is 4.74 Å². The molecule has 0 radical (unpaired) electrons. The van der Waals surface area contributed by atoms with Crippen LogP contribution in [0.25, 0.3) is 10.8 Å². The van der Waals surface area contributed by atoms with Gasteiger partial charge in [0.15, 0.2) is 0 Å². The molecule has 2 rings (SSSR count). The fourth-order valence-corrected chi connectivity index (χ4v) is 3.70. The number of sulfonamides is 1. The Hall–Kier alpha value is -1.59. The number of rotatable bonds is 3. The van der Waals surface area contributed by atoms with Crippen LogP contribution in [-0.4, -0.2) is 21.1 Å². The van der Waals surface area contributed by atoms with Gasteiger partial charge in [-0.25, -0.2) is 13.1 Å². The van der Waals surface area contributed by atoms with Crippen LogP contribution in [0, 0.1) is 0 Å². The maximum atomic E-state index is 12.5. The van der Waals surface area contributed by atoms with Crippen molar-refractivity contribution in [3.05, 3.63) is 36.4 Å². The van der Waals surface area contributed by atoms with Crippen molar-refractivity contribution in [3.8, 4) is 5.75 Å². The Morgan fingerprint density at radius 3 is 2.40 bits per heavy atom. The Morgan fingerprint density at radius 2 is 1.80 bits per heavy atom. The number of methoxy groups -OCH3 is 1. The third-order valence-corrected chi connectivity index (χ3v) is 4.59. The molecule has 0 unspecified atom stereocenters. The van der Waals surface area contributed by atoms with Gasteiger partial charge >= 0.3 is 0 Å². The molecule has 0 heterocycles. The molecular formula is C15H19NO3S. The van der Waals surface area contributed by atoms with Crippen LogP contribution in [0.15, 0.2) is 41.3 Å². The highest BCUT2D eigenvalue weighted by Crippen LogP contribution is 2.27. The van der Waals surface area contributed by atoms with Gasteiger partial charge < -0.3 is 4.74 Å². The molecular weight excluding hydrogens is 274 g/mol. The van der Waals surface area contributed by atoms with Gasteiger partial charge in [-0.2, -0.15) is 0 Å². The summed E-state index contributed by atoms with van der Waals surface area (Å²) >= 11 is 0. The van der Waals surface area contributed by atoms with Crippen LogP contribution in [0.4, 0.5) is 0 Å². The second-order valence-corrected chi connectivity index (χ2v) is 7.35. The van der Waals surface area contributed by atoms with Gasteiger partial charge in [-0.3, -0.25) is 0 Å². The van der Waals surface area contributed by atoms with Crippen molar-refractivity contribution >= 4 is 20.8 Å². The second-order valence-electron chi connectivity index (χ2n) is 5.70. The van der Waals surface area contributed by atoms with Crippen molar-refractivity contribution in [3.63, 3.8) is 0 Å². The lowest BCUT2D eigenvalue weighted by Gasteiger charge is -2.21. The van der Waals surface area contributed by atoms with E-state index in [0.29, 0.717) is 11.1 Å². The molecule has 0 aliphatic carbocycles. The van der Waals surface area contributed by atoms with Crippen molar-refractivity contribution in [1.82, 2.24) is 4.72 Å². The van der Waals surface area contributed by atoms with E-state index in [1.165, 1.54) is 0 Å². The third-order valence-electron chi connectivity index (χ3n) is 2.78. The van der Waals surface area contributed by atoms with Crippen LogP contribution in [0.5, 0.6) is 5.75 Å². The van der Waals surface area contributed by atoms with E-state index >= 15 is 0 Å². The maximum absolute atomic E-state index is 12.5. The van der Waals surface area contributed by atoms with Gasteiger partial charge in [0.25, 0.3) is 0 Å². The van der Waals surface area contributed by atoms with E-state index in [9.17, 15) is 8.42 Å². The van der Waals surface area contributed by atoms with E-state index in [0.717, 1.165) is 5.39 Å².